The first-order valence-electron chi connectivity index (χ1n) is 11.4. The van der Waals surface area contributed by atoms with Gasteiger partial charge in [-0.2, -0.15) is 0 Å². The van der Waals surface area contributed by atoms with Gasteiger partial charge in [0.25, 0.3) is 0 Å². The number of hydrogen-bond acceptors (Lipinski definition) is 3. The Labute approximate surface area is 164 Å². The summed E-state index contributed by atoms with van der Waals surface area (Å²) in [6, 6.07) is 0. The molecule has 1 saturated heterocycles. The van der Waals surface area contributed by atoms with Gasteiger partial charge in [0.2, 0.25) is 0 Å². The van der Waals surface area contributed by atoms with Gasteiger partial charge in [-0.15, -0.1) is 0 Å². The molecule has 150 valence electrons. The molecule has 6 unspecified atom stereocenters. The van der Waals surface area contributed by atoms with Crippen LogP contribution in [0.25, 0.3) is 0 Å². The normalized spacial score (nSPS) is 48.6. The topological polar surface area (TPSA) is 35.5 Å². The molecular formula is C24H36O3. The van der Waals surface area contributed by atoms with Gasteiger partial charge >= 0.3 is 0 Å². The zero-order chi connectivity index (χ0) is 18.8. The summed E-state index contributed by atoms with van der Waals surface area (Å²) in [5.41, 5.74) is 2.22. The Morgan fingerprint density at radius 2 is 1.78 bits per heavy atom. The van der Waals surface area contributed by atoms with Gasteiger partial charge in [-0.3, -0.25) is 4.79 Å². The van der Waals surface area contributed by atoms with E-state index >= 15 is 0 Å². The fraction of sp³-hybridized carbons (Fsp3) is 0.875. The Bertz CT molecular complexity index is 648. The van der Waals surface area contributed by atoms with Crippen molar-refractivity contribution in [1.29, 1.82) is 0 Å². The van der Waals surface area contributed by atoms with Gasteiger partial charge < -0.3 is 9.47 Å². The predicted octanol–water partition coefficient (Wildman–Crippen LogP) is 5.14. The molecule has 7 atom stereocenters. The summed E-state index contributed by atoms with van der Waals surface area (Å²) >= 11 is 0. The van der Waals surface area contributed by atoms with Crippen LogP contribution in [0.3, 0.4) is 0 Å². The molecule has 5 aliphatic rings. The van der Waals surface area contributed by atoms with Crippen LogP contribution in [0.4, 0.5) is 0 Å². The molecule has 3 nitrogen and oxygen atoms in total. The van der Waals surface area contributed by atoms with E-state index in [1.54, 1.807) is 0 Å². The lowest BCUT2D eigenvalue weighted by Crippen LogP contribution is -2.51. The number of hydrogen-bond donors (Lipinski definition) is 0. The van der Waals surface area contributed by atoms with Crippen LogP contribution in [0.5, 0.6) is 0 Å². The van der Waals surface area contributed by atoms with E-state index < -0.39 is 0 Å². The molecule has 1 aliphatic heterocycles. The Hall–Kier alpha value is -0.670. The number of ketones is 1. The zero-order valence-corrected chi connectivity index (χ0v) is 17.3. The third kappa shape index (κ3) is 2.64. The van der Waals surface area contributed by atoms with E-state index in [-0.39, 0.29) is 6.29 Å². The van der Waals surface area contributed by atoms with Crippen molar-refractivity contribution in [3.05, 3.63) is 11.6 Å². The van der Waals surface area contributed by atoms with Gasteiger partial charge in [-0.25, -0.2) is 0 Å². The fourth-order valence-electron chi connectivity index (χ4n) is 8.33. The third-order valence-electron chi connectivity index (χ3n) is 9.75. The molecule has 0 N–H and O–H groups in total. The first-order valence-corrected chi connectivity index (χ1v) is 11.4. The van der Waals surface area contributed by atoms with Crippen LogP contribution in [0.15, 0.2) is 11.6 Å². The van der Waals surface area contributed by atoms with Gasteiger partial charge in [-0.05, 0) is 85.5 Å². The van der Waals surface area contributed by atoms with Gasteiger partial charge in [0, 0.05) is 12.3 Å². The average Bonchev–Trinajstić information content (AvgIpc) is 3.29. The van der Waals surface area contributed by atoms with E-state index in [4.69, 9.17) is 9.47 Å². The lowest BCUT2D eigenvalue weighted by molar-refractivity contribution is -0.126. The summed E-state index contributed by atoms with van der Waals surface area (Å²) in [4.78, 5) is 12.0. The second-order valence-corrected chi connectivity index (χ2v) is 10.7. The van der Waals surface area contributed by atoms with Crippen molar-refractivity contribution in [1.82, 2.24) is 0 Å². The molecule has 27 heavy (non-hydrogen) atoms. The predicted molar refractivity (Wildman–Crippen MR) is 105 cm³/mol. The van der Waals surface area contributed by atoms with Crippen LogP contribution in [-0.4, -0.2) is 25.3 Å². The van der Waals surface area contributed by atoms with Gasteiger partial charge in [0.1, 0.15) is 0 Å². The fourth-order valence-corrected chi connectivity index (χ4v) is 8.33. The number of carbonyl (C=O) groups excluding carboxylic acids is 1. The van der Waals surface area contributed by atoms with Crippen LogP contribution in [0.2, 0.25) is 0 Å². The number of rotatable bonds is 2. The van der Waals surface area contributed by atoms with Crippen molar-refractivity contribution in [3.63, 3.8) is 0 Å². The van der Waals surface area contributed by atoms with Gasteiger partial charge in [0.05, 0.1) is 13.2 Å². The summed E-state index contributed by atoms with van der Waals surface area (Å²) in [6.45, 7) is 8.97. The van der Waals surface area contributed by atoms with E-state index in [0.29, 0.717) is 22.5 Å². The van der Waals surface area contributed by atoms with Crippen molar-refractivity contribution in [2.24, 2.45) is 40.4 Å². The summed E-state index contributed by atoms with van der Waals surface area (Å²) in [5, 5.41) is 0. The van der Waals surface area contributed by atoms with Crippen LogP contribution in [0, 0.1) is 40.4 Å². The quantitative estimate of drug-likeness (QED) is 0.673. The number of ether oxygens (including phenoxy) is 2. The van der Waals surface area contributed by atoms with Crippen molar-refractivity contribution in [2.45, 2.75) is 78.4 Å². The zero-order valence-electron chi connectivity index (χ0n) is 17.3. The van der Waals surface area contributed by atoms with Crippen LogP contribution in [0.1, 0.15) is 72.1 Å². The van der Waals surface area contributed by atoms with E-state index in [9.17, 15) is 4.79 Å². The maximum absolute atomic E-state index is 12.0. The van der Waals surface area contributed by atoms with Gasteiger partial charge in [0.15, 0.2) is 12.1 Å². The third-order valence-corrected chi connectivity index (χ3v) is 9.75. The highest BCUT2D eigenvalue weighted by Crippen LogP contribution is 2.67. The number of allylic oxidation sites excluding steroid dienone is 1. The molecule has 0 radical (unpaired) electrons. The van der Waals surface area contributed by atoms with E-state index in [0.717, 1.165) is 56.1 Å². The second kappa shape index (κ2) is 6.42. The maximum Gasteiger partial charge on any atom is 0.160 e. The summed E-state index contributed by atoms with van der Waals surface area (Å²) in [5.74, 6) is 4.08. The summed E-state index contributed by atoms with van der Waals surface area (Å²) < 4.78 is 11.8. The molecule has 0 spiro atoms. The van der Waals surface area contributed by atoms with Crippen molar-refractivity contribution >= 4 is 5.78 Å². The molecule has 4 aliphatic carbocycles. The van der Waals surface area contributed by atoms with Crippen molar-refractivity contribution in [2.75, 3.05) is 13.2 Å². The Morgan fingerprint density at radius 3 is 2.56 bits per heavy atom. The Kier molecular flexibility index (Phi) is 4.37. The highest BCUT2D eigenvalue weighted by atomic mass is 16.7. The average molecular weight is 373 g/mol. The summed E-state index contributed by atoms with van der Waals surface area (Å²) in [7, 11) is 0. The highest BCUT2D eigenvalue weighted by molar-refractivity contribution is 5.91. The minimum absolute atomic E-state index is 0.0195. The lowest BCUT2D eigenvalue weighted by Gasteiger charge is -2.58. The van der Waals surface area contributed by atoms with E-state index in [2.05, 4.69) is 20.8 Å². The monoisotopic (exact) mass is 372 g/mol. The molecule has 5 rings (SSSR count). The molecule has 3 heteroatoms. The van der Waals surface area contributed by atoms with Crippen molar-refractivity contribution in [3.8, 4) is 0 Å². The Balaban J connectivity index is 1.40. The Morgan fingerprint density at radius 1 is 1.00 bits per heavy atom. The molecule has 0 aromatic carbocycles. The number of carbonyl (C=O) groups is 1. The van der Waals surface area contributed by atoms with Crippen LogP contribution < -0.4 is 0 Å². The van der Waals surface area contributed by atoms with Gasteiger partial charge in [-0.1, -0.05) is 26.3 Å². The molecule has 3 saturated carbocycles. The first kappa shape index (κ1) is 18.4. The minimum atomic E-state index is 0.0195. The maximum atomic E-state index is 12.0. The highest BCUT2D eigenvalue weighted by Gasteiger charge is 2.60. The molecule has 1 heterocycles. The first-order chi connectivity index (χ1) is 12.9. The number of fused-ring (bicyclic) bond motifs is 5. The summed E-state index contributed by atoms with van der Waals surface area (Å²) in [6.07, 6.45) is 11.8. The SMILES string of the molecule is C[C@H](C1OCCO1)C1CCC2C3CCC4=CC(=O)CCC4(C)C3CCC21C. The lowest BCUT2D eigenvalue weighted by atomic mass is 9.46. The molecule has 0 amide bonds. The second-order valence-electron chi connectivity index (χ2n) is 10.7. The van der Waals surface area contributed by atoms with E-state index in [1.807, 2.05) is 6.08 Å². The molecule has 0 aromatic rings. The smallest absolute Gasteiger partial charge is 0.160 e. The minimum Gasteiger partial charge on any atom is -0.350 e. The standard InChI is InChI=1S/C24H36O3/c1-15(22-26-12-13-27-22)19-6-7-20-18-5-4-16-14-17(25)8-10-23(16,2)21(18)9-11-24(19,20)3/h14-15,18-22H,4-13H2,1-3H3/t15-,18?,19?,20?,21?,23?,24?/m0/s1. The molecular weight excluding hydrogens is 336 g/mol. The van der Waals surface area contributed by atoms with E-state index in [1.165, 1.54) is 37.7 Å². The molecule has 0 bridgehead atoms. The van der Waals surface area contributed by atoms with Crippen LogP contribution >= 0.6 is 0 Å². The molecule has 0 aromatic heterocycles. The molecule has 4 fully saturated rings. The van der Waals surface area contributed by atoms with Crippen LogP contribution in [-0.2, 0) is 14.3 Å². The largest absolute Gasteiger partial charge is 0.350 e. The van der Waals surface area contributed by atoms with Crippen molar-refractivity contribution < 1.29 is 14.3 Å².